The van der Waals surface area contributed by atoms with Crippen LogP contribution in [0, 0.1) is 0 Å². The second-order valence-corrected chi connectivity index (χ2v) is 6.20. The fourth-order valence-corrected chi connectivity index (χ4v) is 2.02. The molecule has 0 atom stereocenters. The number of rotatable bonds is 7. The third-order valence-electron chi connectivity index (χ3n) is 2.67. The van der Waals surface area contributed by atoms with Crippen LogP contribution >= 0.6 is 0 Å². The highest BCUT2D eigenvalue weighted by Gasteiger charge is 2.13. The lowest BCUT2D eigenvalue weighted by Gasteiger charge is -2.11. The quantitative estimate of drug-likeness (QED) is 0.715. The molecule has 1 aromatic heterocycles. The Kier molecular flexibility index (Phi) is 4.94. The van der Waals surface area contributed by atoms with Crippen LogP contribution in [0.3, 0.4) is 0 Å². The predicted molar refractivity (Wildman–Crippen MR) is 77.6 cm³/mol. The predicted octanol–water partition coefficient (Wildman–Crippen LogP) is 1.07. The van der Waals surface area contributed by atoms with Gasteiger partial charge in [-0.25, -0.2) is 4.98 Å². The summed E-state index contributed by atoms with van der Waals surface area (Å²) >= 11 is 0. The number of imidazole rings is 1. The molecule has 2 aromatic rings. The van der Waals surface area contributed by atoms with Crippen molar-refractivity contribution in [3.63, 3.8) is 0 Å². The highest BCUT2D eigenvalue weighted by atomic mass is 32.2. The van der Waals surface area contributed by atoms with E-state index < -0.39 is 10.3 Å². The van der Waals surface area contributed by atoms with Crippen molar-refractivity contribution in [3.05, 3.63) is 43.0 Å². The van der Waals surface area contributed by atoms with Gasteiger partial charge in [0, 0.05) is 32.2 Å². The molecule has 21 heavy (non-hydrogen) atoms. The summed E-state index contributed by atoms with van der Waals surface area (Å²) in [4.78, 5) is 3.97. The molecular formula is C13H17N3O4S. The fourth-order valence-electron chi connectivity index (χ4n) is 1.53. The molecule has 0 bridgehead atoms. The Hall–Kier alpha value is -1.90. The first-order valence-electron chi connectivity index (χ1n) is 6.27. The van der Waals surface area contributed by atoms with Crippen molar-refractivity contribution in [2.45, 2.75) is 0 Å². The van der Waals surface area contributed by atoms with E-state index in [4.69, 9.17) is 8.92 Å². The standard InChI is InChI=1S/C13H17N3O4S/c1-15(2)21(17,18)20-10-9-19-13-5-3-12(4-6-13)16-8-7-14-11-16/h3-8,11H,9-10H2,1-2H3. The minimum absolute atomic E-state index is 0.0379. The van der Waals surface area contributed by atoms with Crippen molar-refractivity contribution < 1.29 is 17.3 Å². The van der Waals surface area contributed by atoms with Gasteiger partial charge in [-0.2, -0.15) is 12.7 Å². The van der Waals surface area contributed by atoms with Crippen LogP contribution in [0.15, 0.2) is 43.0 Å². The van der Waals surface area contributed by atoms with Crippen LogP contribution in [0.2, 0.25) is 0 Å². The number of benzene rings is 1. The molecule has 0 fully saturated rings. The van der Waals surface area contributed by atoms with Gasteiger partial charge in [0.2, 0.25) is 0 Å². The molecule has 1 heterocycles. The third kappa shape index (κ3) is 4.28. The zero-order valence-corrected chi connectivity index (χ0v) is 12.7. The van der Waals surface area contributed by atoms with Gasteiger partial charge in [0.05, 0.1) is 6.33 Å². The topological polar surface area (TPSA) is 73.7 Å². The second kappa shape index (κ2) is 6.70. The smallest absolute Gasteiger partial charge is 0.337 e. The van der Waals surface area contributed by atoms with Gasteiger partial charge >= 0.3 is 10.3 Å². The van der Waals surface area contributed by atoms with Crippen molar-refractivity contribution in [1.29, 1.82) is 0 Å². The van der Waals surface area contributed by atoms with E-state index in [1.807, 2.05) is 22.9 Å². The molecule has 0 aliphatic carbocycles. The summed E-state index contributed by atoms with van der Waals surface area (Å²) in [5, 5.41) is 0. The van der Waals surface area contributed by atoms with Crippen molar-refractivity contribution in [1.82, 2.24) is 13.9 Å². The molecule has 114 valence electrons. The number of nitrogens with zero attached hydrogens (tertiary/aromatic N) is 3. The van der Waals surface area contributed by atoms with Gasteiger partial charge in [-0.05, 0) is 24.3 Å². The molecule has 0 spiro atoms. The molecule has 0 saturated heterocycles. The minimum Gasteiger partial charge on any atom is -0.491 e. The van der Waals surface area contributed by atoms with E-state index in [-0.39, 0.29) is 13.2 Å². The Morgan fingerprint density at radius 3 is 2.48 bits per heavy atom. The molecule has 0 saturated carbocycles. The zero-order valence-electron chi connectivity index (χ0n) is 11.8. The summed E-state index contributed by atoms with van der Waals surface area (Å²) in [5.74, 6) is 0.643. The number of hydrogen-bond acceptors (Lipinski definition) is 5. The van der Waals surface area contributed by atoms with E-state index in [2.05, 4.69) is 4.98 Å². The van der Waals surface area contributed by atoms with E-state index >= 15 is 0 Å². The monoisotopic (exact) mass is 311 g/mol. The number of ether oxygens (including phenoxy) is 1. The van der Waals surface area contributed by atoms with Crippen molar-refractivity contribution in [2.75, 3.05) is 27.3 Å². The Balaban J connectivity index is 1.82. The maximum absolute atomic E-state index is 11.4. The van der Waals surface area contributed by atoms with E-state index in [9.17, 15) is 8.42 Å². The lowest BCUT2D eigenvalue weighted by Crippen LogP contribution is -2.26. The molecule has 1 aromatic carbocycles. The van der Waals surface area contributed by atoms with Crippen LogP contribution < -0.4 is 4.74 Å². The first kappa shape index (κ1) is 15.5. The van der Waals surface area contributed by atoms with Crippen LogP contribution in [0.1, 0.15) is 0 Å². The van der Waals surface area contributed by atoms with E-state index in [0.29, 0.717) is 5.75 Å². The first-order valence-corrected chi connectivity index (χ1v) is 7.63. The van der Waals surface area contributed by atoms with Crippen LogP contribution in [0.5, 0.6) is 5.75 Å². The number of hydrogen-bond donors (Lipinski definition) is 0. The maximum Gasteiger partial charge on any atom is 0.337 e. The summed E-state index contributed by atoms with van der Waals surface area (Å²) < 4.78 is 35.8. The first-order chi connectivity index (χ1) is 9.99. The summed E-state index contributed by atoms with van der Waals surface area (Å²) in [7, 11) is -0.830. The molecule has 0 aliphatic heterocycles. The van der Waals surface area contributed by atoms with E-state index in [0.717, 1.165) is 9.99 Å². The fraction of sp³-hybridized carbons (Fsp3) is 0.308. The number of aromatic nitrogens is 2. The Morgan fingerprint density at radius 2 is 1.90 bits per heavy atom. The second-order valence-electron chi connectivity index (χ2n) is 4.37. The molecule has 2 rings (SSSR count). The molecule has 8 heteroatoms. The molecule has 0 amide bonds. The van der Waals surface area contributed by atoms with Gasteiger partial charge in [0.15, 0.2) is 0 Å². The molecular weight excluding hydrogens is 294 g/mol. The van der Waals surface area contributed by atoms with Crippen LogP contribution in [-0.4, -0.2) is 49.6 Å². The van der Waals surface area contributed by atoms with Gasteiger partial charge < -0.3 is 9.30 Å². The molecule has 0 aliphatic rings. The average Bonchev–Trinajstić information content (AvgIpc) is 2.98. The largest absolute Gasteiger partial charge is 0.491 e. The van der Waals surface area contributed by atoms with Gasteiger partial charge in [-0.1, -0.05) is 0 Å². The summed E-state index contributed by atoms with van der Waals surface area (Å²) in [5.41, 5.74) is 0.964. The van der Waals surface area contributed by atoms with Crippen LogP contribution in [-0.2, 0) is 14.5 Å². The Labute approximate surface area is 124 Å². The zero-order chi connectivity index (χ0) is 15.3. The van der Waals surface area contributed by atoms with Gasteiger partial charge in [-0.15, -0.1) is 0 Å². The summed E-state index contributed by atoms with van der Waals surface area (Å²) in [6, 6.07) is 7.37. The average molecular weight is 311 g/mol. The normalized spacial score (nSPS) is 11.8. The lowest BCUT2D eigenvalue weighted by molar-refractivity contribution is 0.210. The molecule has 0 unspecified atom stereocenters. The van der Waals surface area contributed by atoms with Crippen molar-refractivity contribution in [3.8, 4) is 11.4 Å². The Morgan fingerprint density at radius 1 is 1.19 bits per heavy atom. The summed E-state index contributed by atoms with van der Waals surface area (Å²) in [6.07, 6.45) is 5.25. The molecule has 0 radical (unpaired) electrons. The summed E-state index contributed by atoms with van der Waals surface area (Å²) in [6.45, 7) is 0.112. The van der Waals surface area contributed by atoms with Gasteiger partial charge in [0.25, 0.3) is 0 Å². The SMILES string of the molecule is CN(C)S(=O)(=O)OCCOc1ccc(-n2ccnc2)cc1. The molecule has 0 N–H and O–H groups in total. The van der Waals surface area contributed by atoms with E-state index in [1.165, 1.54) is 14.1 Å². The van der Waals surface area contributed by atoms with Crippen LogP contribution in [0.4, 0.5) is 0 Å². The highest BCUT2D eigenvalue weighted by molar-refractivity contribution is 7.84. The van der Waals surface area contributed by atoms with E-state index in [1.54, 1.807) is 24.7 Å². The third-order valence-corrected chi connectivity index (χ3v) is 4.03. The highest BCUT2D eigenvalue weighted by Crippen LogP contribution is 2.15. The molecule has 7 nitrogen and oxygen atoms in total. The minimum atomic E-state index is -3.65. The maximum atomic E-state index is 11.4. The lowest BCUT2D eigenvalue weighted by atomic mass is 10.3. The Bertz CT molecular complexity index is 651. The van der Waals surface area contributed by atoms with Gasteiger partial charge in [-0.3, -0.25) is 4.18 Å². The van der Waals surface area contributed by atoms with Crippen LogP contribution in [0.25, 0.3) is 5.69 Å². The van der Waals surface area contributed by atoms with Gasteiger partial charge in [0.1, 0.15) is 19.0 Å². The van der Waals surface area contributed by atoms with Crippen molar-refractivity contribution >= 4 is 10.3 Å². The van der Waals surface area contributed by atoms with Crippen molar-refractivity contribution in [2.24, 2.45) is 0 Å².